The van der Waals surface area contributed by atoms with E-state index in [-0.39, 0.29) is 11.9 Å². The van der Waals surface area contributed by atoms with Crippen LogP contribution in [0.4, 0.5) is 0 Å². The smallest absolute Gasteiger partial charge is 0.249 e. The van der Waals surface area contributed by atoms with Gasteiger partial charge in [0, 0.05) is 18.7 Å². The summed E-state index contributed by atoms with van der Waals surface area (Å²) >= 11 is 0. The second-order valence-corrected chi connectivity index (χ2v) is 7.32. The Labute approximate surface area is 148 Å². The molecule has 0 aliphatic carbocycles. The van der Waals surface area contributed by atoms with E-state index in [1.54, 1.807) is 0 Å². The van der Waals surface area contributed by atoms with E-state index in [2.05, 4.69) is 29.0 Å². The molecule has 1 aliphatic heterocycles. The predicted molar refractivity (Wildman–Crippen MR) is 94.8 cm³/mol. The van der Waals surface area contributed by atoms with Gasteiger partial charge in [0.1, 0.15) is 11.7 Å². The van der Waals surface area contributed by atoms with Crippen molar-refractivity contribution in [2.24, 2.45) is 5.92 Å². The molecule has 134 valence electrons. The molecule has 1 fully saturated rings. The molecule has 6 heteroatoms. The van der Waals surface area contributed by atoms with Crippen molar-refractivity contribution >= 4 is 5.91 Å². The lowest BCUT2D eigenvalue weighted by atomic mass is 9.99. The van der Waals surface area contributed by atoms with Crippen LogP contribution in [0.2, 0.25) is 0 Å². The van der Waals surface area contributed by atoms with Crippen LogP contribution in [0.3, 0.4) is 0 Å². The number of aryl methyl sites for hydroxylation is 2. The fourth-order valence-corrected chi connectivity index (χ4v) is 3.39. The van der Waals surface area contributed by atoms with Crippen molar-refractivity contribution in [1.29, 1.82) is 0 Å². The molecule has 1 amide bonds. The molecule has 0 saturated carbocycles. The summed E-state index contributed by atoms with van der Waals surface area (Å²) in [5, 5.41) is 4.13. The Morgan fingerprint density at radius 2 is 2.00 bits per heavy atom. The molecule has 1 saturated heterocycles. The van der Waals surface area contributed by atoms with Gasteiger partial charge in [0.05, 0.1) is 0 Å². The maximum Gasteiger partial charge on any atom is 0.249 e. The molecule has 3 heterocycles. The third kappa shape index (κ3) is 4.06. The lowest BCUT2D eigenvalue weighted by Gasteiger charge is -2.33. The maximum atomic E-state index is 12.4. The molecule has 1 unspecified atom stereocenters. The standard InChI is InChI=1S/C19H26N4O2/c1-12(2)9-16(23-8-6-5-7-17(23)24)19-21-18(22-25-19)15-11-13(3)10-14(4)20-15/h10-12,16H,5-9H2,1-4H3. The first-order valence-electron chi connectivity index (χ1n) is 9.03. The van der Waals surface area contributed by atoms with Crippen LogP contribution in [0.5, 0.6) is 0 Å². The van der Waals surface area contributed by atoms with Crippen molar-refractivity contribution < 1.29 is 9.32 Å². The third-order valence-corrected chi connectivity index (χ3v) is 4.48. The predicted octanol–water partition coefficient (Wildman–Crippen LogP) is 3.85. The van der Waals surface area contributed by atoms with E-state index in [4.69, 9.17) is 4.52 Å². The maximum absolute atomic E-state index is 12.4. The molecule has 1 aliphatic rings. The van der Waals surface area contributed by atoms with E-state index in [0.29, 0.717) is 29.7 Å². The molecule has 0 radical (unpaired) electrons. The van der Waals surface area contributed by atoms with Gasteiger partial charge in [-0.2, -0.15) is 4.98 Å². The summed E-state index contributed by atoms with van der Waals surface area (Å²) in [6.45, 7) is 9.02. The minimum atomic E-state index is -0.153. The molecule has 0 aromatic carbocycles. The van der Waals surface area contributed by atoms with Crippen molar-refractivity contribution in [3.8, 4) is 11.5 Å². The Hall–Kier alpha value is -2.24. The first-order valence-corrected chi connectivity index (χ1v) is 9.03. The zero-order chi connectivity index (χ0) is 18.0. The lowest BCUT2D eigenvalue weighted by molar-refractivity contribution is -0.137. The summed E-state index contributed by atoms with van der Waals surface area (Å²) in [5.74, 6) is 1.61. The highest BCUT2D eigenvalue weighted by atomic mass is 16.5. The van der Waals surface area contributed by atoms with Crippen LogP contribution in [0.25, 0.3) is 11.5 Å². The Balaban J connectivity index is 1.91. The number of piperidine rings is 1. The average molecular weight is 342 g/mol. The molecule has 0 N–H and O–H groups in total. The molecule has 0 spiro atoms. The van der Waals surface area contributed by atoms with Crippen LogP contribution in [0.1, 0.15) is 62.7 Å². The van der Waals surface area contributed by atoms with E-state index in [1.807, 2.05) is 30.9 Å². The minimum absolute atomic E-state index is 0.153. The summed E-state index contributed by atoms with van der Waals surface area (Å²) in [7, 11) is 0. The quantitative estimate of drug-likeness (QED) is 0.825. The molecule has 2 aromatic rings. The Morgan fingerprint density at radius 3 is 2.68 bits per heavy atom. The van der Waals surface area contributed by atoms with Crippen molar-refractivity contribution in [3.63, 3.8) is 0 Å². The minimum Gasteiger partial charge on any atom is -0.337 e. The van der Waals surface area contributed by atoms with Crippen LogP contribution in [0.15, 0.2) is 16.7 Å². The molecule has 6 nitrogen and oxygen atoms in total. The normalized spacial score (nSPS) is 16.5. The molecule has 0 bridgehead atoms. The van der Waals surface area contributed by atoms with Gasteiger partial charge in [-0.05, 0) is 56.7 Å². The third-order valence-electron chi connectivity index (χ3n) is 4.48. The first kappa shape index (κ1) is 17.6. The van der Waals surface area contributed by atoms with Crippen LogP contribution in [-0.4, -0.2) is 32.5 Å². The van der Waals surface area contributed by atoms with E-state index in [0.717, 1.165) is 37.1 Å². The Morgan fingerprint density at radius 1 is 1.20 bits per heavy atom. The van der Waals surface area contributed by atoms with Gasteiger partial charge < -0.3 is 9.42 Å². The van der Waals surface area contributed by atoms with E-state index in [1.165, 1.54) is 0 Å². The number of carbonyl (C=O) groups excluding carboxylic acids is 1. The topological polar surface area (TPSA) is 72.1 Å². The van der Waals surface area contributed by atoms with Crippen LogP contribution >= 0.6 is 0 Å². The number of hydrogen-bond acceptors (Lipinski definition) is 5. The Bertz CT molecular complexity index is 733. The van der Waals surface area contributed by atoms with Crippen molar-refractivity contribution in [2.75, 3.05) is 6.54 Å². The highest BCUT2D eigenvalue weighted by Crippen LogP contribution is 2.31. The van der Waals surface area contributed by atoms with Gasteiger partial charge in [-0.3, -0.25) is 4.79 Å². The van der Waals surface area contributed by atoms with Gasteiger partial charge in [-0.1, -0.05) is 19.0 Å². The summed E-state index contributed by atoms with van der Waals surface area (Å²) in [6.07, 6.45) is 3.41. The van der Waals surface area contributed by atoms with Crippen LogP contribution < -0.4 is 0 Å². The van der Waals surface area contributed by atoms with E-state index >= 15 is 0 Å². The molecule has 2 aromatic heterocycles. The highest BCUT2D eigenvalue weighted by Gasteiger charge is 2.32. The van der Waals surface area contributed by atoms with Crippen molar-refractivity contribution in [3.05, 3.63) is 29.3 Å². The summed E-state index contributed by atoms with van der Waals surface area (Å²) in [4.78, 5) is 23.4. The van der Waals surface area contributed by atoms with Gasteiger partial charge >= 0.3 is 0 Å². The largest absolute Gasteiger partial charge is 0.337 e. The van der Waals surface area contributed by atoms with Gasteiger partial charge in [-0.15, -0.1) is 0 Å². The second-order valence-electron chi connectivity index (χ2n) is 7.32. The number of amides is 1. The SMILES string of the molecule is Cc1cc(C)nc(-c2noc(C(CC(C)C)N3CCCCC3=O)n2)c1. The van der Waals surface area contributed by atoms with E-state index in [9.17, 15) is 4.79 Å². The van der Waals surface area contributed by atoms with Gasteiger partial charge in [0.15, 0.2) is 0 Å². The summed E-state index contributed by atoms with van der Waals surface area (Å²) < 4.78 is 5.57. The number of pyridine rings is 1. The second kappa shape index (κ2) is 7.33. The van der Waals surface area contributed by atoms with Crippen molar-refractivity contribution in [2.45, 2.75) is 59.4 Å². The molecular weight excluding hydrogens is 316 g/mol. The highest BCUT2D eigenvalue weighted by molar-refractivity contribution is 5.77. The number of rotatable bonds is 5. The van der Waals surface area contributed by atoms with E-state index < -0.39 is 0 Å². The fourth-order valence-electron chi connectivity index (χ4n) is 3.39. The van der Waals surface area contributed by atoms with Crippen LogP contribution in [-0.2, 0) is 4.79 Å². The first-order chi connectivity index (χ1) is 11.9. The van der Waals surface area contributed by atoms with Gasteiger partial charge in [0.25, 0.3) is 0 Å². The summed E-state index contributed by atoms with van der Waals surface area (Å²) in [6, 6.07) is 3.81. The zero-order valence-electron chi connectivity index (χ0n) is 15.5. The number of nitrogens with zero attached hydrogens (tertiary/aromatic N) is 4. The van der Waals surface area contributed by atoms with Crippen molar-refractivity contribution in [1.82, 2.24) is 20.0 Å². The molecule has 1 atom stereocenters. The summed E-state index contributed by atoms with van der Waals surface area (Å²) in [5.41, 5.74) is 2.74. The number of carbonyl (C=O) groups is 1. The fraction of sp³-hybridized carbons (Fsp3) is 0.579. The van der Waals surface area contributed by atoms with Gasteiger partial charge in [-0.25, -0.2) is 4.98 Å². The average Bonchev–Trinajstić information content (AvgIpc) is 3.02. The zero-order valence-corrected chi connectivity index (χ0v) is 15.5. The number of aromatic nitrogens is 3. The molecule has 25 heavy (non-hydrogen) atoms. The monoisotopic (exact) mass is 342 g/mol. The molecular formula is C19H26N4O2. The van der Waals surface area contributed by atoms with Gasteiger partial charge in [0.2, 0.25) is 17.6 Å². The number of hydrogen-bond donors (Lipinski definition) is 0. The number of likely N-dealkylation sites (tertiary alicyclic amines) is 1. The molecule has 3 rings (SSSR count). The Kier molecular flexibility index (Phi) is 5.16. The lowest BCUT2D eigenvalue weighted by Crippen LogP contribution is -2.39. The van der Waals surface area contributed by atoms with Crippen LogP contribution in [0, 0.1) is 19.8 Å².